The highest BCUT2D eigenvalue weighted by molar-refractivity contribution is 5.77. The molecule has 0 unspecified atom stereocenters. The zero-order valence-electron chi connectivity index (χ0n) is 8.32. The molecule has 14 heavy (non-hydrogen) atoms. The number of urea groups is 1. The predicted molar refractivity (Wildman–Crippen MR) is 52.6 cm³/mol. The molecule has 0 aromatic heterocycles. The molecule has 1 aliphatic rings. The van der Waals surface area contributed by atoms with E-state index in [0.717, 1.165) is 0 Å². The first kappa shape index (κ1) is 10.6. The molecule has 1 heterocycles. The Kier molecular flexibility index (Phi) is 3.50. The van der Waals surface area contributed by atoms with Crippen molar-refractivity contribution in [3.05, 3.63) is 12.8 Å². The van der Waals surface area contributed by atoms with E-state index in [4.69, 9.17) is 0 Å². The average Bonchev–Trinajstić information content (AvgIpc) is 2.47. The van der Waals surface area contributed by atoms with E-state index in [1.165, 1.54) is 13.1 Å². The van der Waals surface area contributed by atoms with Crippen molar-refractivity contribution >= 4 is 11.9 Å². The number of rotatable bonds is 4. The van der Waals surface area contributed by atoms with Crippen molar-refractivity contribution in [3.63, 3.8) is 0 Å². The molecule has 0 bridgehead atoms. The number of hydrogen-bond acceptors (Lipinski definition) is 2. The lowest BCUT2D eigenvalue weighted by Gasteiger charge is -2.15. The fourth-order valence-electron chi connectivity index (χ4n) is 1.35. The SMILES string of the molecule is C=CN1CCN(CCNC(C)=O)C1=O. The van der Waals surface area contributed by atoms with Crippen LogP contribution in [-0.4, -0.2) is 47.9 Å². The molecule has 5 nitrogen and oxygen atoms in total. The molecular formula is C9H15N3O2. The average molecular weight is 197 g/mol. The Balaban J connectivity index is 2.29. The van der Waals surface area contributed by atoms with Gasteiger partial charge in [-0.05, 0) is 0 Å². The molecule has 0 spiro atoms. The molecule has 1 fully saturated rings. The van der Waals surface area contributed by atoms with Crippen molar-refractivity contribution in [1.82, 2.24) is 15.1 Å². The minimum absolute atomic E-state index is 0.0367. The first-order valence-corrected chi connectivity index (χ1v) is 4.57. The Morgan fingerprint density at radius 1 is 1.64 bits per heavy atom. The lowest BCUT2D eigenvalue weighted by Crippen LogP contribution is -2.36. The van der Waals surface area contributed by atoms with Crippen LogP contribution < -0.4 is 5.32 Å². The second-order valence-electron chi connectivity index (χ2n) is 3.13. The summed E-state index contributed by atoms with van der Waals surface area (Å²) in [6.45, 7) is 7.45. The van der Waals surface area contributed by atoms with Crippen LogP contribution in [0.25, 0.3) is 0 Å². The van der Waals surface area contributed by atoms with Gasteiger partial charge in [-0.2, -0.15) is 0 Å². The molecule has 1 rings (SSSR count). The molecule has 5 heteroatoms. The maximum Gasteiger partial charge on any atom is 0.324 e. The van der Waals surface area contributed by atoms with Crippen molar-refractivity contribution in [2.24, 2.45) is 0 Å². The van der Waals surface area contributed by atoms with E-state index in [9.17, 15) is 9.59 Å². The maximum atomic E-state index is 11.5. The number of nitrogens with zero attached hydrogens (tertiary/aromatic N) is 2. The molecule has 0 radical (unpaired) electrons. The van der Waals surface area contributed by atoms with E-state index in [1.54, 1.807) is 9.80 Å². The first-order chi connectivity index (χ1) is 6.65. The summed E-state index contributed by atoms with van der Waals surface area (Å²) in [5, 5.41) is 2.65. The summed E-state index contributed by atoms with van der Waals surface area (Å²) in [5.41, 5.74) is 0. The second-order valence-corrected chi connectivity index (χ2v) is 3.13. The van der Waals surface area contributed by atoms with Gasteiger partial charge in [-0.1, -0.05) is 6.58 Å². The molecule has 1 aliphatic heterocycles. The van der Waals surface area contributed by atoms with Crippen LogP contribution in [0.2, 0.25) is 0 Å². The van der Waals surface area contributed by atoms with Crippen LogP contribution in [-0.2, 0) is 4.79 Å². The molecule has 0 atom stereocenters. The first-order valence-electron chi connectivity index (χ1n) is 4.57. The zero-order chi connectivity index (χ0) is 10.6. The monoisotopic (exact) mass is 197 g/mol. The fraction of sp³-hybridized carbons (Fsp3) is 0.556. The van der Waals surface area contributed by atoms with E-state index in [0.29, 0.717) is 26.2 Å². The highest BCUT2D eigenvalue weighted by Crippen LogP contribution is 2.07. The van der Waals surface area contributed by atoms with E-state index < -0.39 is 0 Å². The van der Waals surface area contributed by atoms with Crippen molar-refractivity contribution < 1.29 is 9.59 Å². The van der Waals surface area contributed by atoms with Crippen molar-refractivity contribution in [3.8, 4) is 0 Å². The number of carbonyl (C=O) groups is 2. The van der Waals surface area contributed by atoms with Crippen LogP contribution in [0.1, 0.15) is 6.92 Å². The minimum atomic E-state index is -0.0720. The Labute approximate surface area is 83.4 Å². The molecule has 1 N–H and O–H groups in total. The van der Waals surface area contributed by atoms with Crippen molar-refractivity contribution in [2.75, 3.05) is 26.2 Å². The quantitative estimate of drug-likeness (QED) is 0.690. The highest BCUT2D eigenvalue weighted by atomic mass is 16.2. The van der Waals surface area contributed by atoms with Crippen LogP contribution in [0.15, 0.2) is 12.8 Å². The van der Waals surface area contributed by atoms with Crippen LogP contribution in [0, 0.1) is 0 Å². The van der Waals surface area contributed by atoms with Crippen LogP contribution in [0.3, 0.4) is 0 Å². The van der Waals surface area contributed by atoms with Gasteiger partial charge in [0.05, 0.1) is 0 Å². The van der Waals surface area contributed by atoms with Gasteiger partial charge in [0, 0.05) is 39.3 Å². The Morgan fingerprint density at radius 3 is 2.86 bits per heavy atom. The number of nitrogens with one attached hydrogen (secondary N) is 1. The molecular weight excluding hydrogens is 182 g/mol. The van der Waals surface area contributed by atoms with E-state index in [2.05, 4.69) is 11.9 Å². The Morgan fingerprint density at radius 2 is 2.36 bits per heavy atom. The number of hydrogen-bond donors (Lipinski definition) is 1. The van der Waals surface area contributed by atoms with Crippen LogP contribution >= 0.6 is 0 Å². The standard InChI is InChI=1S/C9H15N3O2/c1-3-11-6-7-12(9(11)14)5-4-10-8(2)13/h3H,1,4-7H2,2H3,(H,10,13). The molecule has 0 aromatic carbocycles. The van der Waals surface area contributed by atoms with Gasteiger partial charge in [0.2, 0.25) is 5.91 Å². The summed E-state index contributed by atoms with van der Waals surface area (Å²) in [6, 6.07) is -0.0367. The van der Waals surface area contributed by atoms with Crippen molar-refractivity contribution in [2.45, 2.75) is 6.92 Å². The van der Waals surface area contributed by atoms with Crippen LogP contribution in [0.4, 0.5) is 4.79 Å². The second kappa shape index (κ2) is 4.64. The van der Waals surface area contributed by atoms with Gasteiger partial charge in [-0.15, -0.1) is 0 Å². The largest absolute Gasteiger partial charge is 0.355 e. The lowest BCUT2D eigenvalue weighted by atomic mass is 10.5. The summed E-state index contributed by atoms with van der Waals surface area (Å²) < 4.78 is 0. The summed E-state index contributed by atoms with van der Waals surface area (Å²) in [6.07, 6.45) is 1.53. The van der Waals surface area contributed by atoms with Gasteiger partial charge in [-0.25, -0.2) is 4.79 Å². The summed E-state index contributed by atoms with van der Waals surface area (Å²) >= 11 is 0. The topological polar surface area (TPSA) is 52.6 Å². The van der Waals surface area contributed by atoms with Gasteiger partial charge in [0.15, 0.2) is 0 Å². The molecule has 0 aromatic rings. The Hall–Kier alpha value is -1.52. The summed E-state index contributed by atoms with van der Waals surface area (Å²) in [4.78, 5) is 25.3. The molecule has 3 amide bonds. The van der Waals surface area contributed by atoms with Gasteiger partial charge in [0.25, 0.3) is 0 Å². The smallest absolute Gasteiger partial charge is 0.324 e. The third kappa shape index (κ3) is 2.48. The molecule has 1 saturated heterocycles. The van der Waals surface area contributed by atoms with Gasteiger partial charge < -0.3 is 10.2 Å². The third-order valence-electron chi connectivity index (χ3n) is 2.10. The van der Waals surface area contributed by atoms with Crippen molar-refractivity contribution in [1.29, 1.82) is 0 Å². The summed E-state index contributed by atoms with van der Waals surface area (Å²) in [5.74, 6) is -0.0720. The summed E-state index contributed by atoms with van der Waals surface area (Å²) in [7, 11) is 0. The molecule has 0 saturated carbocycles. The minimum Gasteiger partial charge on any atom is -0.355 e. The Bertz CT molecular complexity index is 252. The molecule has 78 valence electrons. The van der Waals surface area contributed by atoms with E-state index >= 15 is 0 Å². The molecule has 0 aliphatic carbocycles. The highest BCUT2D eigenvalue weighted by Gasteiger charge is 2.25. The number of amides is 3. The maximum absolute atomic E-state index is 11.5. The predicted octanol–water partition coefficient (Wildman–Crippen LogP) is 0.00360. The normalized spacial score (nSPS) is 15.9. The van der Waals surface area contributed by atoms with Gasteiger partial charge in [-0.3, -0.25) is 9.69 Å². The number of carbonyl (C=O) groups excluding carboxylic acids is 2. The van der Waals surface area contributed by atoms with Crippen LogP contribution in [0.5, 0.6) is 0 Å². The van der Waals surface area contributed by atoms with E-state index in [-0.39, 0.29) is 11.9 Å². The zero-order valence-corrected chi connectivity index (χ0v) is 8.32. The van der Waals surface area contributed by atoms with Gasteiger partial charge >= 0.3 is 6.03 Å². The van der Waals surface area contributed by atoms with E-state index in [1.807, 2.05) is 0 Å². The third-order valence-corrected chi connectivity index (χ3v) is 2.10. The lowest BCUT2D eigenvalue weighted by molar-refractivity contribution is -0.118. The fourth-order valence-corrected chi connectivity index (χ4v) is 1.35. The van der Waals surface area contributed by atoms with Gasteiger partial charge in [0.1, 0.15) is 0 Å².